The molecule has 6 rings (SSSR count). The molecule has 0 unspecified atom stereocenters. The van der Waals surface area contributed by atoms with Crippen molar-refractivity contribution in [3.8, 4) is 6.07 Å². The molecule has 0 amide bonds. The zero-order valence-corrected chi connectivity index (χ0v) is 18.8. The van der Waals surface area contributed by atoms with Gasteiger partial charge in [0, 0.05) is 17.7 Å². The summed E-state index contributed by atoms with van der Waals surface area (Å²) in [7, 11) is 0. The highest BCUT2D eigenvalue weighted by Gasteiger charge is 2.21. The first-order valence-electron chi connectivity index (χ1n) is 11.4. The predicted octanol–water partition coefficient (Wildman–Crippen LogP) is 7.16. The van der Waals surface area contributed by atoms with Gasteiger partial charge in [-0.15, -0.1) is 0 Å². The molecule has 0 aliphatic heterocycles. The van der Waals surface area contributed by atoms with Crippen molar-refractivity contribution in [2.45, 2.75) is 13.3 Å². The van der Waals surface area contributed by atoms with Gasteiger partial charge in [-0.05, 0) is 53.1 Å². The number of fused-ring (bicyclic) bond motifs is 4. The zero-order valence-electron chi connectivity index (χ0n) is 18.8. The Balaban J connectivity index is 1.65. The van der Waals surface area contributed by atoms with Gasteiger partial charge < -0.3 is 5.32 Å². The van der Waals surface area contributed by atoms with Crippen LogP contribution in [0, 0.1) is 18.3 Å². The molecule has 4 heteroatoms. The molecule has 0 aliphatic carbocycles. The lowest BCUT2D eigenvalue weighted by Crippen LogP contribution is -2.09. The van der Waals surface area contributed by atoms with Crippen molar-refractivity contribution in [1.82, 2.24) is 9.38 Å². The number of para-hydroxylation sites is 2. The van der Waals surface area contributed by atoms with E-state index in [2.05, 4.69) is 88.6 Å². The highest BCUT2D eigenvalue weighted by Crippen LogP contribution is 2.34. The van der Waals surface area contributed by atoms with Crippen LogP contribution in [0.1, 0.15) is 22.3 Å². The van der Waals surface area contributed by atoms with Gasteiger partial charge in [0.15, 0.2) is 5.65 Å². The first kappa shape index (κ1) is 20.0. The topological polar surface area (TPSA) is 53.1 Å². The molecule has 0 radical (unpaired) electrons. The van der Waals surface area contributed by atoms with Gasteiger partial charge in [0.05, 0.1) is 16.6 Å². The molecule has 0 saturated heterocycles. The molecule has 6 aromatic rings. The van der Waals surface area contributed by atoms with Crippen molar-refractivity contribution < 1.29 is 0 Å². The Morgan fingerprint density at radius 1 is 0.853 bits per heavy atom. The van der Waals surface area contributed by atoms with Crippen LogP contribution in [-0.2, 0) is 6.42 Å². The maximum absolute atomic E-state index is 10.1. The van der Waals surface area contributed by atoms with Crippen LogP contribution in [-0.4, -0.2) is 9.38 Å². The van der Waals surface area contributed by atoms with Crippen molar-refractivity contribution in [1.29, 1.82) is 5.26 Å². The SMILES string of the molecule is Cc1c(Cc2ccccc2)c(Nc2ccc3ccccc3c2)n2c(nc3ccccc32)c1C#N. The molecule has 0 aliphatic rings. The number of nitrogens with zero attached hydrogens (tertiary/aromatic N) is 3. The van der Waals surface area contributed by atoms with E-state index in [9.17, 15) is 5.26 Å². The number of nitrogens with one attached hydrogen (secondary N) is 1. The third kappa shape index (κ3) is 3.27. The first-order chi connectivity index (χ1) is 16.7. The second kappa shape index (κ2) is 8.06. The van der Waals surface area contributed by atoms with Crippen molar-refractivity contribution in [2.24, 2.45) is 0 Å². The molecule has 0 spiro atoms. The monoisotopic (exact) mass is 438 g/mol. The molecular formula is C30H22N4. The molecule has 34 heavy (non-hydrogen) atoms. The van der Waals surface area contributed by atoms with E-state index in [0.29, 0.717) is 17.6 Å². The summed E-state index contributed by atoms with van der Waals surface area (Å²) >= 11 is 0. The number of hydrogen-bond acceptors (Lipinski definition) is 3. The van der Waals surface area contributed by atoms with Gasteiger partial charge in [0.1, 0.15) is 11.9 Å². The zero-order chi connectivity index (χ0) is 23.1. The van der Waals surface area contributed by atoms with Gasteiger partial charge >= 0.3 is 0 Å². The molecule has 0 saturated carbocycles. The fourth-order valence-electron chi connectivity index (χ4n) is 4.74. The Morgan fingerprint density at radius 2 is 1.59 bits per heavy atom. The van der Waals surface area contributed by atoms with Crippen LogP contribution in [0.5, 0.6) is 0 Å². The van der Waals surface area contributed by atoms with Crippen LogP contribution < -0.4 is 5.32 Å². The number of pyridine rings is 1. The summed E-state index contributed by atoms with van der Waals surface area (Å²) < 4.78 is 2.11. The van der Waals surface area contributed by atoms with Crippen LogP contribution in [0.3, 0.4) is 0 Å². The van der Waals surface area contributed by atoms with Crippen LogP contribution in [0.4, 0.5) is 11.5 Å². The molecule has 2 aromatic heterocycles. The van der Waals surface area contributed by atoms with Crippen molar-refractivity contribution >= 4 is 39.0 Å². The summed E-state index contributed by atoms with van der Waals surface area (Å²) in [5, 5.41) is 16.2. The van der Waals surface area contributed by atoms with Crippen molar-refractivity contribution in [3.63, 3.8) is 0 Å². The minimum absolute atomic E-state index is 0.617. The van der Waals surface area contributed by atoms with E-state index in [1.165, 1.54) is 16.3 Å². The second-order valence-corrected chi connectivity index (χ2v) is 8.55. The highest BCUT2D eigenvalue weighted by molar-refractivity contribution is 5.89. The third-order valence-electron chi connectivity index (χ3n) is 6.47. The minimum atomic E-state index is 0.617. The number of imidazole rings is 1. The quantitative estimate of drug-likeness (QED) is 0.318. The van der Waals surface area contributed by atoms with Crippen molar-refractivity contribution in [2.75, 3.05) is 5.32 Å². The van der Waals surface area contributed by atoms with E-state index in [4.69, 9.17) is 4.98 Å². The smallest absolute Gasteiger partial charge is 0.157 e. The Hall–Kier alpha value is -4.62. The van der Waals surface area contributed by atoms with E-state index in [-0.39, 0.29) is 0 Å². The summed E-state index contributed by atoms with van der Waals surface area (Å²) in [6, 6.07) is 35.6. The fraction of sp³-hybridized carbons (Fsp3) is 0.0667. The summed E-state index contributed by atoms with van der Waals surface area (Å²) in [4.78, 5) is 4.85. The molecule has 1 N–H and O–H groups in total. The number of hydrogen-bond donors (Lipinski definition) is 1. The Bertz CT molecular complexity index is 1720. The van der Waals surface area contributed by atoms with Gasteiger partial charge in [-0.3, -0.25) is 4.40 Å². The molecule has 0 atom stereocenters. The number of rotatable bonds is 4. The van der Waals surface area contributed by atoms with Gasteiger partial charge in [0.25, 0.3) is 0 Å². The average Bonchev–Trinajstić information content (AvgIpc) is 3.26. The lowest BCUT2D eigenvalue weighted by molar-refractivity contribution is 1.08. The second-order valence-electron chi connectivity index (χ2n) is 8.55. The van der Waals surface area contributed by atoms with Gasteiger partial charge in [-0.25, -0.2) is 4.98 Å². The van der Waals surface area contributed by atoms with E-state index >= 15 is 0 Å². The first-order valence-corrected chi connectivity index (χ1v) is 11.4. The van der Waals surface area contributed by atoms with E-state index in [1.54, 1.807) is 0 Å². The summed E-state index contributed by atoms with van der Waals surface area (Å²) in [5.74, 6) is 0.944. The number of anilines is 2. The van der Waals surface area contributed by atoms with Gasteiger partial charge in [-0.2, -0.15) is 5.26 Å². The van der Waals surface area contributed by atoms with Crippen LogP contribution in [0.2, 0.25) is 0 Å². The number of aromatic nitrogens is 2. The molecule has 2 heterocycles. The van der Waals surface area contributed by atoms with E-state index in [0.717, 1.165) is 33.7 Å². The average molecular weight is 439 g/mol. The number of nitriles is 1. The minimum Gasteiger partial charge on any atom is -0.341 e. The lowest BCUT2D eigenvalue weighted by atomic mass is 9.97. The maximum Gasteiger partial charge on any atom is 0.157 e. The summed E-state index contributed by atoms with van der Waals surface area (Å²) in [5.41, 5.74) is 7.39. The molecule has 0 fully saturated rings. The lowest BCUT2D eigenvalue weighted by Gasteiger charge is -2.19. The standard InChI is InChI=1S/C30H22N4/c1-20-25(17-21-9-3-2-4-10-21)29(32-24-16-15-22-11-5-6-12-23(22)18-24)34-28-14-8-7-13-27(28)33-30(34)26(20)19-31/h2-16,18,32H,17H2,1H3. The Kier molecular flexibility index (Phi) is 4.75. The third-order valence-corrected chi connectivity index (χ3v) is 6.47. The molecule has 162 valence electrons. The molecule has 4 aromatic carbocycles. The molecule has 4 nitrogen and oxygen atoms in total. The Morgan fingerprint density at radius 3 is 2.41 bits per heavy atom. The summed E-state index contributed by atoms with van der Waals surface area (Å²) in [6.45, 7) is 2.03. The largest absolute Gasteiger partial charge is 0.341 e. The molecular weight excluding hydrogens is 416 g/mol. The van der Waals surface area contributed by atoms with Gasteiger partial charge in [0.2, 0.25) is 0 Å². The Labute approximate surface area is 197 Å². The fourth-order valence-corrected chi connectivity index (χ4v) is 4.74. The van der Waals surface area contributed by atoms with Crippen LogP contribution in [0.15, 0.2) is 97.1 Å². The highest BCUT2D eigenvalue weighted by atomic mass is 15.1. The molecule has 0 bridgehead atoms. The number of benzene rings is 4. The van der Waals surface area contributed by atoms with Crippen molar-refractivity contribution in [3.05, 3.63) is 119 Å². The van der Waals surface area contributed by atoms with Crippen LogP contribution in [0.25, 0.3) is 27.5 Å². The summed E-state index contributed by atoms with van der Waals surface area (Å²) in [6.07, 6.45) is 0.708. The van der Waals surface area contributed by atoms with E-state index < -0.39 is 0 Å². The predicted molar refractivity (Wildman–Crippen MR) is 139 cm³/mol. The maximum atomic E-state index is 10.1. The normalized spacial score (nSPS) is 11.2. The van der Waals surface area contributed by atoms with Gasteiger partial charge in [-0.1, -0.05) is 72.8 Å². The van der Waals surface area contributed by atoms with E-state index in [1.807, 2.05) is 31.2 Å². The van der Waals surface area contributed by atoms with Crippen LogP contribution >= 0.6 is 0 Å².